The lowest BCUT2D eigenvalue weighted by Crippen LogP contribution is -2.42. The molecule has 1 aliphatic heterocycles. The van der Waals surface area contributed by atoms with Gasteiger partial charge < -0.3 is 14.9 Å². The first-order chi connectivity index (χ1) is 5.68. The number of aliphatic carboxylic acids is 1. The first-order valence-electron chi connectivity index (χ1n) is 3.86. The molecule has 4 nitrogen and oxygen atoms in total. The SMILES string of the molecule is CN1CCN(C#CC(=O)O)CC1. The Bertz CT molecular complexity index is 221. The number of rotatable bonds is 0. The summed E-state index contributed by atoms with van der Waals surface area (Å²) in [6.45, 7) is 3.57. The number of hydrogen-bond acceptors (Lipinski definition) is 3. The second-order valence-corrected chi connectivity index (χ2v) is 2.83. The molecule has 0 saturated carbocycles. The Morgan fingerprint density at radius 3 is 2.42 bits per heavy atom. The Balaban J connectivity index is 2.37. The minimum atomic E-state index is -1.06. The van der Waals surface area contributed by atoms with Crippen molar-refractivity contribution in [3.05, 3.63) is 0 Å². The highest BCUT2D eigenvalue weighted by molar-refractivity contribution is 5.86. The van der Waals surface area contributed by atoms with Crippen molar-refractivity contribution in [3.63, 3.8) is 0 Å². The van der Waals surface area contributed by atoms with Crippen molar-refractivity contribution in [2.75, 3.05) is 33.2 Å². The van der Waals surface area contributed by atoms with Crippen LogP contribution in [0.4, 0.5) is 0 Å². The van der Waals surface area contributed by atoms with Gasteiger partial charge in [0.25, 0.3) is 0 Å². The minimum Gasteiger partial charge on any atom is -0.472 e. The summed E-state index contributed by atoms with van der Waals surface area (Å²) in [7, 11) is 2.04. The van der Waals surface area contributed by atoms with E-state index >= 15 is 0 Å². The molecule has 0 unspecified atom stereocenters. The van der Waals surface area contributed by atoms with E-state index in [0.717, 1.165) is 26.2 Å². The Labute approximate surface area is 71.8 Å². The van der Waals surface area contributed by atoms with E-state index in [-0.39, 0.29) is 0 Å². The van der Waals surface area contributed by atoms with Crippen molar-refractivity contribution in [2.45, 2.75) is 0 Å². The fraction of sp³-hybridized carbons (Fsp3) is 0.625. The lowest BCUT2D eigenvalue weighted by atomic mass is 10.3. The summed E-state index contributed by atoms with van der Waals surface area (Å²) in [5, 5.41) is 8.29. The quantitative estimate of drug-likeness (QED) is 0.485. The van der Waals surface area contributed by atoms with Gasteiger partial charge in [-0.05, 0) is 7.05 Å². The van der Waals surface area contributed by atoms with Crippen LogP contribution in [-0.2, 0) is 4.79 Å². The predicted molar refractivity (Wildman–Crippen MR) is 44.5 cm³/mol. The van der Waals surface area contributed by atoms with Gasteiger partial charge in [-0.1, -0.05) is 0 Å². The van der Waals surface area contributed by atoms with E-state index in [1.54, 1.807) is 0 Å². The number of nitrogens with zero attached hydrogens (tertiary/aromatic N) is 2. The van der Waals surface area contributed by atoms with Crippen LogP contribution in [0.15, 0.2) is 0 Å². The van der Waals surface area contributed by atoms with Crippen LogP contribution < -0.4 is 0 Å². The molecule has 1 aliphatic rings. The van der Waals surface area contributed by atoms with Crippen molar-refractivity contribution in [3.8, 4) is 12.0 Å². The van der Waals surface area contributed by atoms with Crippen LogP contribution in [0.3, 0.4) is 0 Å². The van der Waals surface area contributed by atoms with Crippen molar-refractivity contribution in [1.82, 2.24) is 9.80 Å². The lowest BCUT2D eigenvalue weighted by Gasteiger charge is -2.29. The maximum Gasteiger partial charge on any atom is 0.383 e. The highest BCUT2D eigenvalue weighted by Gasteiger charge is 2.09. The number of piperazine rings is 1. The summed E-state index contributed by atoms with van der Waals surface area (Å²) >= 11 is 0. The first kappa shape index (κ1) is 8.88. The van der Waals surface area contributed by atoms with Gasteiger partial charge in [-0.3, -0.25) is 0 Å². The smallest absolute Gasteiger partial charge is 0.383 e. The van der Waals surface area contributed by atoms with Crippen LogP contribution >= 0.6 is 0 Å². The lowest BCUT2D eigenvalue weighted by molar-refractivity contribution is -0.130. The second kappa shape index (κ2) is 3.98. The van der Waals surface area contributed by atoms with Crippen LogP contribution in [0.5, 0.6) is 0 Å². The van der Waals surface area contributed by atoms with Gasteiger partial charge in [0.15, 0.2) is 0 Å². The zero-order valence-corrected chi connectivity index (χ0v) is 7.08. The topological polar surface area (TPSA) is 43.8 Å². The van der Waals surface area contributed by atoms with Crippen LogP contribution in [-0.4, -0.2) is 54.1 Å². The highest BCUT2D eigenvalue weighted by atomic mass is 16.4. The third-order valence-electron chi connectivity index (χ3n) is 1.82. The van der Waals surface area contributed by atoms with Crippen LogP contribution in [0.2, 0.25) is 0 Å². The largest absolute Gasteiger partial charge is 0.472 e. The third-order valence-corrected chi connectivity index (χ3v) is 1.82. The molecule has 1 saturated heterocycles. The molecule has 1 N–H and O–H groups in total. The number of carboxylic acids is 1. The van der Waals surface area contributed by atoms with E-state index < -0.39 is 5.97 Å². The van der Waals surface area contributed by atoms with Gasteiger partial charge in [-0.2, -0.15) is 0 Å². The summed E-state index contributed by atoms with van der Waals surface area (Å²) < 4.78 is 0. The number of carbonyl (C=O) groups is 1. The summed E-state index contributed by atoms with van der Waals surface area (Å²) in [6, 6.07) is 2.60. The molecule has 66 valence electrons. The molecular formula is C8H12N2O2. The van der Waals surface area contributed by atoms with Crippen molar-refractivity contribution in [2.24, 2.45) is 0 Å². The number of hydrogen-bond donors (Lipinski definition) is 1. The van der Waals surface area contributed by atoms with Gasteiger partial charge >= 0.3 is 5.97 Å². The molecule has 0 aromatic rings. The molecular weight excluding hydrogens is 156 g/mol. The standard InChI is InChI=1S/C8H12N2O2/c1-9-4-6-10(7-5-9)3-2-8(11)12/h4-7H2,1H3,(H,11,12). The molecule has 0 aliphatic carbocycles. The Kier molecular flexibility index (Phi) is 2.94. The molecule has 1 heterocycles. The van der Waals surface area contributed by atoms with E-state index in [0.29, 0.717) is 0 Å². The minimum absolute atomic E-state index is 0.830. The average molecular weight is 168 g/mol. The van der Waals surface area contributed by atoms with Crippen molar-refractivity contribution in [1.29, 1.82) is 0 Å². The molecule has 1 rings (SSSR count). The first-order valence-corrected chi connectivity index (χ1v) is 3.86. The molecule has 1 fully saturated rings. The molecule has 4 heteroatoms. The van der Waals surface area contributed by atoms with Gasteiger partial charge in [0, 0.05) is 38.1 Å². The third kappa shape index (κ3) is 2.81. The highest BCUT2D eigenvalue weighted by Crippen LogP contribution is 1.95. The molecule has 0 atom stereocenters. The van der Waals surface area contributed by atoms with E-state index in [1.165, 1.54) is 0 Å². The molecule has 0 aromatic carbocycles. The van der Waals surface area contributed by atoms with Crippen LogP contribution in [0, 0.1) is 12.0 Å². The second-order valence-electron chi connectivity index (χ2n) is 2.83. The summed E-state index contributed by atoms with van der Waals surface area (Å²) in [5.74, 6) is 1.04. The number of likely N-dealkylation sites (N-methyl/N-ethyl adjacent to an activating group) is 1. The van der Waals surface area contributed by atoms with E-state index in [1.807, 2.05) is 11.9 Å². The fourth-order valence-electron chi connectivity index (χ4n) is 1.05. The molecule has 0 spiro atoms. The van der Waals surface area contributed by atoms with E-state index in [4.69, 9.17) is 5.11 Å². The van der Waals surface area contributed by atoms with Gasteiger partial charge in [-0.15, -0.1) is 0 Å². The average Bonchev–Trinajstić information content (AvgIpc) is 2.03. The van der Waals surface area contributed by atoms with Crippen LogP contribution in [0.25, 0.3) is 0 Å². The van der Waals surface area contributed by atoms with E-state index in [9.17, 15) is 4.79 Å². The zero-order chi connectivity index (χ0) is 8.97. The molecule has 12 heavy (non-hydrogen) atoms. The molecule has 0 radical (unpaired) electrons. The summed E-state index contributed by atoms with van der Waals surface area (Å²) in [5.41, 5.74) is 0. The normalized spacial score (nSPS) is 18.2. The van der Waals surface area contributed by atoms with Crippen molar-refractivity contribution >= 4 is 5.97 Å². The fourth-order valence-corrected chi connectivity index (χ4v) is 1.05. The van der Waals surface area contributed by atoms with Gasteiger partial charge in [0.05, 0.1) is 0 Å². The molecule has 0 amide bonds. The Morgan fingerprint density at radius 1 is 1.33 bits per heavy atom. The number of carboxylic acid groups (broad SMARTS) is 1. The zero-order valence-electron chi connectivity index (χ0n) is 7.08. The van der Waals surface area contributed by atoms with E-state index in [2.05, 4.69) is 16.9 Å². The van der Waals surface area contributed by atoms with Gasteiger partial charge in [0.2, 0.25) is 0 Å². The van der Waals surface area contributed by atoms with Gasteiger partial charge in [-0.25, -0.2) is 4.79 Å². The monoisotopic (exact) mass is 168 g/mol. The Morgan fingerprint density at radius 2 is 1.92 bits per heavy atom. The maximum absolute atomic E-state index is 10.1. The maximum atomic E-state index is 10.1. The van der Waals surface area contributed by atoms with Crippen molar-refractivity contribution < 1.29 is 9.90 Å². The summed E-state index contributed by atoms with van der Waals surface area (Å²) in [4.78, 5) is 14.1. The van der Waals surface area contributed by atoms with Crippen LogP contribution in [0.1, 0.15) is 0 Å². The predicted octanol–water partition coefficient (Wildman–Crippen LogP) is -0.721. The van der Waals surface area contributed by atoms with Gasteiger partial charge in [0.1, 0.15) is 0 Å². The summed E-state index contributed by atoms with van der Waals surface area (Å²) in [6.07, 6.45) is 0. The Hall–Kier alpha value is -1.21. The molecule has 0 bridgehead atoms. The molecule has 0 aromatic heterocycles.